The van der Waals surface area contributed by atoms with Gasteiger partial charge in [-0.05, 0) is 35.9 Å². The first-order valence-corrected chi connectivity index (χ1v) is 11.3. The van der Waals surface area contributed by atoms with Crippen LogP contribution in [0.15, 0.2) is 87.2 Å². The summed E-state index contributed by atoms with van der Waals surface area (Å²) >= 11 is 5.18. The van der Waals surface area contributed by atoms with Gasteiger partial charge >= 0.3 is 0 Å². The molecule has 5 aromatic rings. The van der Waals surface area contributed by atoms with Crippen LogP contribution in [-0.4, -0.2) is 26.3 Å². The quantitative estimate of drug-likeness (QED) is 0.319. The molecular formula is C23H17BrN4O2S. The predicted molar refractivity (Wildman–Crippen MR) is 126 cm³/mol. The lowest BCUT2D eigenvalue weighted by Gasteiger charge is -2.12. The molecule has 0 aliphatic carbocycles. The van der Waals surface area contributed by atoms with E-state index in [4.69, 9.17) is 4.74 Å². The van der Waals surface area contributed by atoms with E-state index in [-0.39, 0.29) is 5.56 Å². The second-order valence-corrected chi connectivity index (χ2v) is 8.65. The molecule has 0 saturated heterocycles. The fraction of sp³-hybridized carbons (Fsp3) is 0.0870. The minimum atomic E-state index is -0.147. The Labute approximate surface area is 190 Å². The Hall–Kier alpha value is -3.10. The van der Waals surface area contributed by atoms with Crippen molar-refractivity contribution >= 4 is 44.4 Å². The zero-order valence-electron chi connectivity index (χ0n) is 16.5. The van der Waals surface area contributed by atoms with Crippen molar-refractivity contribution in [3.63, 3.8) is 0 Å². The van der Waals surface area contributed by atoms with Crippen LogP contribution < -0.4 is 10.3 Å². The maximum Gasteiger partial charge on any atom is 0.267 e. The van der Waals surface area contributed by atoms with Crippen LogP contribution in [-0.2, 0) is 5.75 Å². The van der Waals surface area contributed by atoms with Crippen molar-refractivity contribution in [1.82, 2.24) is 19.2 Å². The van der Waals surface area contributed by atoms with E-state index < -0.39 is 0 Å². The van der Waals surface area contributed by atoms with E-state index in [9.17, 15) is 4.79 Å². The van der Waals surface area contributed by atoms with E-state index >= 15 is 0 Å². The Morgan fingerprint density at radius 3 is 2.65 bits per heavy atom. The maximum atomic E-state index is 13.4. The third kappa shape index (κ3) is 3.51. The second kappa shape index (κ2) is 8.20. The average molecular weight is 493 g/mol. The highest BCUT2D eigenvalue weighted by Gasteiger charge is 2.18. The topological polar surface area (TPSA) is 61.4 Å². The van der Waals surface area contributed by atoms with Gasteiger partial charge in [0, 0.05) is 16.3 Å². The fourth-order valence-corrected chi connectivity index (χ4v) is 5.07. The van der Waals surface area contributed by atoms with Gasteiger partial charge in [0.15, 0.2) is 5.16 Å². The lowest BCUT2D eigenvalue weighted by molar-refractivity contribution is 0.414. The standard InChI is InChI=1S/C23H17BrN4O2S/c1-30-17-9-6-8-16(13-17)27-21(29)18-10-3-5-12-20(18)28-22(27)25-26-23(28)31-14-15-7-2-4-11-19(15)24/h2-13H,14H2,1H3. The van der Waals surface area contributed by atoms with Crippen molar-refractivity contribution in [3.05, 3.63) is 93.2 Å². The summed E-state index contributed by atoms with van der Waals surface area (Å²) in [4.78, 5) is 13.4. The SMILES string of the molecule is COc1cccc(-n2c(=O)c3ccccc3n3c(SCc4ccccc4Br)nnc23)c1. The Morgan fingerprint density at radius 1 is 1.00 bits per heavy atom. The Kier molecular flexibility index (Phi) is 5.25. The molecule has 2 heterocycles. The average Bonchev–Trinajstić information content (AvgIpc) is 3.22. The van der Waals surface area contributed by atoms with Gasteiger partial charge in [-0.3, -0.25) is 9.20 Å². The van der Waals surface area contributed by atoms with Crippen molar-refractivity contribution in [2.75, 3.05) is 7.11 Å². The molecule has 31 heavy (non-hydrogen) atoms. The number of aromatic nitrogens is 4. The van der Waals surface area contributed by atoms with E-state index in [0.29, 0.717) is 22.6 Å². The van der Waals surface area contributed by atoms with Gasteiger partial charge in [0.2, 0.25) is 5.78 Å². The molecule has 8 heteroatoms. The van der Waals surface area contributed by atoms with E-state index in [1.165, 1.54) is 0 Å². The molecule has 0 N–H and O–H groups in total. The van der Waals surface area contributed by atoms with Crippen LogP contribution in [0, 0.1) is 0 Å². The molecule has 0 radical (unpaired) electrons. The molecule has 154 valence electrons. The smallest absolute Gasteiger partial charge is 0.267 e. The number of ether oxygens (including phenoxy) is 1. The number of thioether (sulfide) groups is 1. The molecule has 3 aromatic carbocycles. The van der Waals surface area contributed by atoms with Crippen LogP contribution in [0.1, 0.15) is 5.56 Å². The largest absolute Gasteiger partial charge is 0.497 e. The summed E-state index contributed by atoms with van der Waals surface area (Å²) in [6, 6.07) is 23.0. The van der Waals surface area contributed by atoms with Crippen molar-refractivity contribution < 1.29 is 4.74 Å². The van der Waals surface area contributed by atoms with Crippen molar-refractivity contribution in [2.45, 2.75) is 10.9 Å². The molecular weight excluding hydrogens is 476 g/mol. The highest BCUT2D eigenvalue weighted by Crippen LogP contribution is 2.28. The zero-order valence-corrected chi connectivity index (χ0v) is 18.9. The van der Waals surface area contributed by atoms with Crippen LogP contribution in [0.2, 0.25) is 0 Å². The molecule has 2 aromatic heterocycles. The molecule has 0 saturated carbocycles. The van der Waals surface area contributed by atoms with Gasteiger partial charge in [-0.2, -0.15) is 0 Å². The molecule has 6 nitrogen and oxygen atoms in total. The van der Waals surface area contributed by atoms with Crippen LogP contribution >= 0.6 is 27.7 Å². The molecule has 0 amide bonds. The number of methoxy groups -OCH3 is 1. The fourth-order valence-electron chi connectivity index (χ4n) is 3.51. The highest BCUT2D eigenvalue weighted by atomic mass is 79.9. The zero-order chi connectivity index (χ0) is 21.4. The first-order valence-electron chi connectivity index (χ1n) is 9.57. The number of halogens is 1. The number of nitrogens with zero attached hydrogens (tertiary/aromatic N) is 4. The Morgan fingerprint density at radius 2 is 1.81 bits per heavy atom. The number of para-hydroxylation sites is 1. The van der Waals surface area contributed by atoms with Crippen LogP contribution in [0.4, 0.5) is 0 Å². The van der Waals surface area contributed by atoms with Gasteiger partial charge in [0.1, 0.15) is 5.75 Å². The lowest BCUT2D eigenvalue weighted by Crippen LogP contribution is -2.21. The number of fused-ring (bicyclic) bond motifs is 3. The van der Waals surface area contributed by atoms with Crippen molar-refractivity contribution in [1.29, 1.82) is 0 Å². The number of benzene rings is 3. The molecule has 0 atom stereocenters. The normalized spacial score (nSPS) is 11.3. The third-order valence-electron chi connectivity index (χ3n) is 5.02. The van der Waals surface area contributed by atoms with Gasteiger partial charge in [-0.15, -0.1) is 10.2 Å². The summed E-state index contributed by atoms with van der Waals surface area (Å²) < 4.78 is 9.93. The maximum absolute atomic E-state index is 13.4. The minimum Gasteiger partial charge on any atom is -0.497 e. The summed E-state index contributed by atoms with van der Waals surface area (Å²) in [5.41, 5.74) is 2.47. The van der Waals surface area contributed by atoms with Gasteiger partial charge < -0.3 is 4.74 Å². The van der Waals surface area contributed by atoms with Crippen LogP contribution in [0.25, 0.3) is 22.4 Å². The lowest BCUT2D eigenvalue weighted by atomic mass is 10.2. The van der Waals surface area contributed by atoms with Crippen molar-refractivity contribution in [3.8, 4) is 11.4 Å². The summed E-state index contributed by atoms with van der Waals surface area (Å²) in [6.07, 6.45) is 0. The molecule has 0 aliphatic heterocycles. The molecule has 0 unspecified atom stereocenters. The number of rotatable bonds is 5. The Bertz CT molecular complexity index is 1480. The summed E-state index contributed by atoms with van der Waals surface area (Å²) in [7, 11) is 1.60. The van der Waals surface area contributed by atoms with Crippen LogP contribution in [0.3, 0.4) is 0 Å². The molecule has 0 aliphatic rings. The van der Waals surface area contributed by atoms with Crippen molar-refractivity contribution in [2.24, 2.45) is 0 Å². The number of hydrogen-bond acceptors (Lipinski definition) is 5. The van der Waals surface area contributed by atoms with Gasteiger partial charge in [0.05, 0.1) is 23.7 Å². The van der Waals surface area contributed by atoms with Crippen LogP contribution in [0.5, 0.6) is 5.75 Å². The highest BCUT2D eigenvalue weighted by molar-refractivity contribution is 9.10. The van der Waals surface area contributed by atoms with E-state index in [1.54, 1.807) is 23.4 Å². The minimum absolute atomic E-state index is 0.147. The molecule has 0 spiro atoms. The summed E-state index contributed by atoms with van der Waals surface area (Å²) in [5.74, 6) is 1.85. The van der Waals surface area contributed by atoms with E-state index in [2.05, 4.69) is 32.2 Å². The number of hydrogen-bond donors (Lipinski definition) is 0. The third-order valence-corrected chi connectivity index (χ3v) is 6.77. The monoisotopic (exact) mass is 492 g/mol. The molecule has 0 bridgehead atoms. The second-order valence-electron chi connectivity index (χ2n) is 6.86. The molecule has 0 fully saturated rings. The predicted octanol–water partition coefficient (Wildman–Crippen LogP) is 5.10. The first kappa shape index (κ1) is 19.8. The van der Waals surface area contributed by atoms with E-state index in [1.807, 2.05) is 71.1 Å². The van der Waals surface area contributed by atoms with E-state index in [0.717, 1.165) is 26.5 Å². The molecule has 5 rings (SSSR count). The first-order chi connectivity index (χ1) is 15.2. The summed E-state index contributed by atoms with van der Waals surface area (Å²) in [5, 5.41) is 10.1. The van der Waals surface area contributed by atoms with Gasteiger partial charge in [-0.1, -0.05) is 64.1 Å². The Balaban J connectivity index is 1.72. The van der Waals surface area contributed by atoms with Gasteiger partial charge in [0.25, 0.3) is 5.56 Å². The van der Waals surface area contributed by atoms with Gasteiger partial charge in [-0.25, -0.2) is 4.57 Å². The summed E-state index contributed by atoms with van der Waals surface area (Å²) in [6.45, 7) is 0.